The zero-order valence-corrected chi connectivity index (χ0v) is 7.61. The fourth-order valence-corrected chi connectivity index (χ4v) is 0.972. The number of hydrogen-bond donors (Lipinski definition) is 1. The van der Waals surface area contributed by atoms with Gasteiger partial charge in [-0.15, -0.1) is 0 Å². The quantitative estimate of drug-likeness (QED) is 0.752. The summed E-state index contributed by atoms with van der Waals surface area (Å²) in [6, 6.07) is 6.68. The van der Waals surface area contributed by atoms with E-state index in [-0.39, 0.29) is 17.6 Å². The van der Waals surface area contributed by atoms with Crippen LogP contribution in [0.3, 0.4) is 0 Å². The van der Waals surface area contributed by atoms with Crippen LogP contribution in [-0.4, -0.2) is 11.2 Å². The van der Waals surface area contributed by atoms with Crippen LogP contribution in [0, 0.1) is 11.3 Å². The van der Waals surface area contributed by atoms with Gasteiger partial charge in [0.2, 0.25) is 0 Å². The molecule has 0 atom stereocenters. The molecule has 0 saturated heterocycles. The van der Waals surface area contributed by atoms with E-state index in [0.717, 1.165) is 0 Å². The van der Waals surface area contributed by atoms with Crippen molar-refractivity contribution in [1.82, 2.24) is 0 Å². The van der Waals surface area contributed by atoms with Crippen LogP contribution in [0.1, 0.15) is 19.4 Å². The molecule has 0 amide bonds. The van der Waals surface area contributed by atoms with Crippen LogP contribution < -0.4 is 4.74 Å². The van der Waals surface area contributed by atoms with Gasteiger partial charge in [0.05, 0.1) is 11.7 Å². The van der Waals surface area contributed by atoms with Crippen LogP contribution >= 0.6 is 0 Å². The monoisotopic (exact) mass is 177 g/mol. The number of hydrogen-bond acceptors (Lipinski definition) is 3. The lowest BCUT2D eigenvalue weighted by molar-refractivity contribution is 0.231. The predicted molar refractivity (Wildman–Crippen MR) is 48.6 cm³/mol. The van der Waals surface area contributed by atoms with Crippen molar-refractivity contribution in [2.45, 2.75) is 20.0 Å². The van der Waals surface area contributed by atoms with Crippen molar-refractivity contribution in [3.8, 4) is 17.6 Å². The largest absolute Gasteiger partial charge is 0.504 e. The second kappa shape index (κ2) is 3.81. The molecule has 0 spiro atoms. The summed E-state index contributed by atoms with van der Waals surface area (Å²) in [6.45, 7) is 3.68. The van der Waals surface area contributed by atoms with Crippen LogP contribution in [0.2, 0.25) is 0 Å². The van der Waals surface area contributed by atoms with Gasteiger partial charge in [0.25, 0.3) is 0 Å². The minimum Gasteiger partial charge on any atom is -0.504 e. The number of ether oxygens (including phenoxy) is 1. The topological polar surface area (TPSA) is 53.2 Å². The lowest BCUT2D eigenvalue weighted by atomic mass is 10.2. The van der Waals surface area contributed by atoms with Gasteiger partial charge < -0.3 is 9.84 Å². The Balaban J connectivity index is 3.10. The highest BCUT2D eigenvalue weighted by Gasteiger charge is 2.09. The predicted octanol–water partition coefficient (Wildman–Crippen LogP) is 2.05. The number of phenolic OH excluding ortho intramolecular Hbond substituents is 1. The maximum absolute atomic E-state index is 9.40. The van der Waals surface area contributed by atoms with Crippen LogP contribution in [-0.2, 0) is 0 Å². The van der Waals surface area contributed by atoms with E-state index in [1.54, 1.807) is 12.1 Å². The number of rotatable bonds is 2. The van der Waals surface area contributed by atoms with Gasteiger partial charge in [-0.05, 0) is 26.0 Å². The molecule has 0 unspecified atom stereocenters. The minimum absolute atomic E-state index is 0.00718. The van der Waals surface area contributed by atoms with Gasteiger partial charge >= 0.3 is 0 Å². The van der Waals surface area contributed by atoms with E-state index in [9.17, 15) is 5.11 Å². The second-order valence-corrected chi connectivity index (χ2v) is 2.93. The lowest BCUT2D eigenvalue weighted by Gasteiger charge is -2.11. The number of benzene rings is 1. The van der Waals surface area contributed by atoms with E-state index in [0.29, 0.717) is 5.56 Å². The van der Waals surface area contributed by atoms with E-state index in [2.05, 4.69) is 0 Å². The number of nitriles is 1. The first kappa shape index (κ1) is 9.40. The van der Waals surface area contributed by atoms with Crippen molar-refractivity contribution < 1.29 is 9.84 Å². The molecule has 0 aliphatic rings. The first-order valence-corrected chi connectivity index (χ1v) is 4.04. The highest BCUT2D eigenvalue weighted by atomic mass is 16.5. The van der Waals surface area contributed by atoms with Crippen LogP contribution in [0.5, 0.6) is 11.5 Å². The highest BCUT2D eigenvalue weighted by molar-refractivity contribution is 5.51. The molecular formula is C10H11NO2. The molecule has 1 rings (SSSR count). The standard InChI is InChI=1S/C10H11NO2/c1-7(2)13-10-8(6-11)4-3-5-9(10)12/h3-5,7,12H,1-2H3. The van der Waals surface area contributed by atoms with Gasteiger partial charge in [-0.1, -0.05) is 6.07 Å². The zero-order chi connectivity index (χ0) is 9.84. The molecule has 13 heavy (non-hydrogen) atoms. The van der Waals surface area contributed by atoms with Crippen LogP contribution in [0.15, 0.2) is 18.2 Å². The first-order valence-electron chi connectivity index (χ1n) is 4.04. The van der Waals surface area contributed by atoms with E-state index in [1.807, 2.05) is 19.9 Å². The molecule has 0 heterocycles. The lowest BCUT2D eigenvalue weighted by Crippen LogP contribution is -2.06. The number of nitrogens with zero attached hydrogens (tertiary/aromatic N) is 1. The van der Waals surface area contributed by atoms with Gasteiger partial charge in [-0.25, -0.2) is 0 Å². The average molecular weight is 177 g/mol. The molecule has 0 saturated carbocycles. The fraction of sp³-hybridized carbons (Fsp3) is 0.300. The van der Waals surface area contributed by atoms with E-state index in [4.69, 9.17) is 10.00 Å². The number of para-hydroxylation sites is 1. The van der Waals surface area contributed by atoms with Crippen molar-refractivity contribution in [3.05, 3.63) is 23.8 Å². The molecule has 0 aliphatic heterocycles. The smallest absolute Gasteiger partial charge is 0.179 e. The summed E-state index contributed by atoms with van der Waals surface area (Å²) in [5.41, 5.74) is 0.355. The molecule has 3 nitrogen and oxygen atoms in total. The van der Waals surface area contributed by atoms with E-state index in [1.165, 1.54) is 6.07 Å². The highest BCUT2D eigenvalue weighted by Crippen LogP contribution is 2.30. The Morgan fingerprint density at radius 1 is 1.46 bits per heavy atom. The van der Waals surface area contributed by atoms with Gasteiger partial charge in [0, 0.05) is 0 Å². The Hall–Kier alpha value is -1.69. The van der Waals surface area contributed by atoms with E-state index < -0.39 is 0 Å². The molecule has 3 heteroatoms. The average Bonchev–Trinajstić information content (AvgIpc) is 2.08. The molecule has 0 aromatic heterocycles. The Labute approximate surface area is 77.2 Å². The van der Waals surface area contributed by atoms with Crippen molar-refractivity contribution in [1.29, 1.82) is 5.26 Å². The van der Waals surface area contributed by atoms with Crippen molar-refractivity contribution in [2.24, 2.45) is 0 Å². The van der Waals surface area contributed by atoms with Crippen molar-refractivity contribution in [2.75, 3.05) is 0 Å². The van der Waals surface area contributed by atoms with Crippen molar-refractivity contribution in [3.63, 3.8) is 0 Å². The molecule has 1 aromatic rings. The molecule has 68 valence electrons. The van der Waals surface area contributed by atoms with E-state index >= 15 is 0 Å². The molecule has 0 aliphatic carbocycles. The third-order valence-electron chi connectivity index (χ3n) is 1.47. The second-order valence-electron chi connectivity index (χ2n) is 2.93. The Morgan fingerprint density at radius 2 is 2.15 bits per heavy atom. The van der Waals surface area contributed by atoms with Gasteiger partial charge in [0.1, 0.15) is 6.07 Å². The third-order valence-corrected chi connectivity index (χ3v) is 1.47. The molecule has 0 radical (unpaired) electrons. The maximum Gasteiger partial charge on any atom is 0.179 e. The summed E-state index contributed by atoms with van der Waals surface area (Å²) in [6.07, 6.45) is -0.0552. The molecule has 1 N–H and O–H groups in total. The SMILES string of the molecule is CC(C)Oc1c(O)cccc1C#N. The molecule has 0 fully saturated rings. The van der Waals surface area contributed by atoms with Gasteiger partial charge in [-0.2, -0.15) is 5.26 Å². The Morgan fingerprint density at radius 3 is 2.69 bits per heavy atom. The minimum atomic E-state index is -0.0552. The summed E-state index contributed by atoms with van der Waals surface area (Å²) >= 11 is 0. The number of aromatic hydroxyl groups is 1. The van der Waals surface area contributed by atoms with Gasteiger partial charge in [-0.3, -0.25) is 0 Å². The molecular weight excluding hydrogens is 166 g/mol. The zero-order valence-electron chi connectivity index (χ0n) is 7.61. The summed E-state index contributed by atoms with van der Waals surface area (Å²) in [5.74, 6) is 0.271. The Bertz CT molecular complexity index is 339. The first-order chi connectivity index (χ1) is 6.15. The van der Waals surface area contributed by atoms with Gasteiger partial charge in [0.15, 0.2) is 11.5 Å². The summed E-state index contributed by atoms with van der Waals surface area (Å²) in [7, 11) is 0. The molecule has 0 bridgehead atoms. The summed E-state index contributed by atoms with van der Waals surface area (Å²) < 4.78 is 5.29. The normalized spacial score (nSPS) is 9.69. The molecule has 1 aromatic carbocycles. The van der Waals surface area contributed by atoms with Crippen molar-refractivity contribution >= 4 is 0 Å². The Kier molecular flexibility index (Phi) is 2.76. The summed E-state index contributed by atoms with van der Waals surface area (Å²) in [4.78, 5) is 0. The summed E-state index contributed by atoms with van der Waals surface area (Å²) in [5, 5.41) is 18.1. The maximum atomic E-state index is 9.40. The fourth-order valence-electron chi connectivity index (χ4n) is 0.972. The van der Waals surface area contributed by atoms with Crippen LogP contribution in [0.25, 0.3) is 0 Å². The number of phenols is 1. The van der Waals surface area contributed by atoms with Crippen LogP contribution in [0.4, 0.5) is 0 Å². The third kappa shape index (κ3) is 2.12.